The van der Waals surface area contributed by atoms with Crippen molar-refractivity contribution in [2.45, 2.75) is 207 Å². The second-order valence-corrected chi connectivity index (χ2v) is 52.0. The maximum absolute atomic E-state index is 12.7. The minimum atomic E-state index is -3.65. The first kappa shape index (κ1) is 95.4. The third kappa shape index (κ3) is 17.9. The highest BCUT2D eigenvalue weighted by Crippen LogP contribution is 2.61. The Balaban J connectivity index is 0.000000102. The molecule has 30 heteroatoms. The molecule has 24 nitrogen and oxygen atoms in total. The number of ether oxygens (including phenoxy) is 11. The van der Waals surface area contributed by atoms with Crippen LogP contribution in [-0.4, -0.2) is 157 Å². The van der Waals surface area contributed by atoms with E-state index < -0.39 is 127 Å². The van der Waals surface area contributed by atoms with Gasteiger partial charge in [-0.15, -0.1) is 0 Å². The summed E-state index contributed by atoms with van der Waals surface area (Å²) in [5.74, 6) is -0.879. The molecule has 0 spiro atoms. The molecule has 9 heterocycles. The summed E-state index contributed by atoms with van der Waals surface area (Å²) in [5.41, 5.74) is 10.4. The van der Waals surface area contributed by atoms with Gasteiger partial charge in [-0.05, 0) is 209 Å². The molecule has 13 fully saturated rings. The number of hydrogen-bond acceptors (Lipinski definition) is 24. The van der Waals surface area contributed by atoms with Crippen molar-refractivity contribution in [1.29, 1.82) is 0 Å². The average Bonchev–Trinajstić information content (AvgIpc) is 1.54. The van der Waals surface area contributed by atoms with Crippen LogP contribution in [0.3, 0.4) is 0 Å². The molecule has 0 amide bonds. The van der Waals surface area contributed by atoms with Crippen molar-refractivity contribution in [3.63, 3.8) is 0 Å². The molecule has 748 valence electrons. The van der Waals surface area contributed by atoms with E-state index in [2.05, 4.69) is 231 Å². The van der Waals surface area contributed by atoms with Gasteiger partial charge < -0.3 is 52.1 Å². The van der Waals surface area contributed by atoms with Gasteiger partial charge in [-0.3, -0.25) is 22.7 Å². The fourth-order valence-corrected chi connectivity index (χ4v) is 39.1. The number of benzene rings is 12. The van der Waals surface area contributed by atoms with Crippen LogP contribution in [0.1, 0.15) is 102 Å². The second-order valence-electron chi connectivity index (χ2n) is 40.6. The van der Waals surface area contributed by atoms with Gasteiger partial charge in [0.25, 0.3) is 20.2 Å². The largest absolute Gasteiger partial charge is 0.482 e. The number of carbonyl (C=O) groups excluding carboxylic acids is 7. The van der Waals surface area contributed by atoms with Crippen LogP contribution in [0.15, 0.2) is 350 Å². The number of esters is 6. The predicted octanol–water partition coefficient (Wildman–Crippen LogP) is 17.1. The summed E-state index contributed by atoms with van der Waals surface area (Å²) in [6.45, 7) is -0.898. The molecule has 0 aromatic heterocycles. The molecule has 9 aliphatic heterocycles. The first-order chi connectivity index (χ1) is 71.5. The van der Waals surface area contributed by atoms with Crippen molar-refractivity contribution in [2.75, 3.05) is 33.5 Å². The number of ketones is 1. The standard InChI is InChI=1S/C31H27O7S.C31H29O4S.C28H25O6S2.C27H23O7S2/c1-35-30(33)26-21-15-22-27(26)31(34)38-29(22)28(21)37-25(32)16-36-19-10-12-20(13-11-19)39-23-8-4-2-6-17(23)14-18-7-3-5-9-24(18)39;32-29(35-31-16-20-13-23(17-31)30(33)24(14-20)18-31)19-34-25-9-11-26(12-10-25)36-27-7-3-1-5-21(27)15-22-6-2-4-8-28(22)36;29-26(33-27-19-14-22-25(15-19)36(30,31)34-28(22)27)16-32-20-9-11-21(12-10-20)35-23-7-3-1-5-17(23)13-18-6-2-4-8-24(18)35;28-24(33-25-20-14-23-26(32-20)27(25)34-36(23,29)30)15-31-18-9-11-19(12-10-18)35-21-7-3-1-5-16(21)13-17-6-2-4-8-22(17)35/h2-13,21-22,26-29H,14-16H2,1H3;1-12,20,23-24H,13-19H2;1-12,19,22,25,27-28H,13-16H2;1-12,20,23,25-27H,13-15H2/q4*+1. The number of Topliss-reactive ketones (excluding diaryl/α,β-unsaturated/α-hetero) is 1. The first-order valence-corrected chi connectivity index (χ1v) is 58.0. The quantitative estimate of drug-likeness (QED) is 0.0279. The van der Waals surface area contributed by atoms with Crippen LogP contribution in [0, 0.1) is 53.3 Å². The van der Waals surface area contributed by atoms with Crippen LogP contribution in [0.5, 0.6) is 23.0 Å². The van der Waals surface area contributed by atoms with E-state index in [0.717, 1.165) is 51.4 Å². The van der Waals surface area contributed by atoms with Crippen LogP contribution in [-0.2, 0) is 165 Å². The third-order valence-corrected chi connectivity index (χ3v) is 45.2. The number of fused-ring (bicyclic) bond motifs is 11. The van der Waals surface area contributed by atoms with Gasteiger partial charge in [0.2, 0.25) is 0 Å². The van der Waals surface area contributed by atoms with E-state index >= 15 is 0 Å². The molecule has 8 aliphatic carbocycles. The summed E-state index contributed by atoms with van der Waals surface area (Å²) in [4.78, 5) is 103. The van der Waals surface area contributed by atoms with E-state index in [9.17, 15) is 50.4 Å². The van der Waals surface area contributed by atoms with Crippen LogP contribution >= 0.6 is 0 Å². The molecule has 12 aromatic carbocycles. The van der Waals surface area contributed by atoms with Crippen molar-refractivity contribution in [3.8, 4) is 23.0 Å². The number of methoxy groups -OCH3 is 1. The van der Waals surface area contributed by atoms with Gasteiger partial charge in [0, 0.05) is 106 Å². The van der Waals surface area contributed by atoms with Gasteiger partial charge in [-0.2, -0.15) is 16.8 Å². The minimum absolute atomic E-state index is 0.0488. The summed E-state index contributed by atoms with van der Waals surface area (Å²) < 4.78 is 121. The fraction of sp³-hybridized carbons (Fsp3) is 0.325. The Hall–Kier alpha value is -12.5. The topological polar surface area (TPSA) is 308 Å². The van der Waals surface area contributed by atoms with E-state index in [1.54, 1.807) is 0 Å². The lowest BCUT2D eigenvalue weighted by atomic mass is 9.53. The Kier molecular flexibility index (Phi) is 25.2. The molecule has 12 aromatic rings. The zero-order valence-corrected chi connectivity index (χ0v) is 84.8. The SMILES string of the molecule is COC(=O)C1C2CC3C(OC(=O)C31)C2OC(=O)COc1ccc([S+]2c3ccccc3Cc3ccccc32)cc1.O=C(COc1ccc([S+]2c3ccccc3Cc3ccccc32)cc1)OC12CC3CC(C1)C(=O)C(C3)C2.O=C(COc1ccc([S+]2c3ccccc3Cc3ccccc32)cc1)OC1C2CC3C(O2)C1OS3(=O)=O.O=C(COc1ccc([S+]2c3ccccc3Cc3ccccc32)cc1)OC1C2CC3C1OS(=O)(=O)C3C2. The number of carbonyl (C=O) groups is 7. The third-order valence-electron chi connectivity index (χ3n) is 32.0. The Labute approximate surface area is 862 Å². The molecule has 0 radical (unpaired) electrons. The average molecular weight is 2090 g/mol. The van der Waals surface area contributed by atoms with Crippen LogP contribution in [0.25, 0.3) is 0 Å². The molecular weight excluding hydrogens is 1980 g/mol. The molecule has 18 unspecified atom stereocenters. The lowest BCUT2D eigenvalue weighted by Crippen LogP contribution is -2.57. The van der Waals surface area contributed by atoms with Gasteiger partial charge in [-0.25, -0.2) is 19.2 Å². The molecule has 147 heavy (non-hydrogen) atoms. The fourth-order valence-electron chi connectivity index (χ4n) is 26.0. The summed E-state index contributed by atoms with van der Waals surface area (Å²) in [6, 6.07) is 101. The van der Waals surface area contributed by atoms with Gasteiger partial charge in [0.1, 0.15) is 76.3 Å². The van der Waals surface area contributed by atoms with Crippen molar-refractivity contribution in [1.82, 2.24) is 0 Å². The van der Waals surface area contributed by atoms with Crippen molar-refractivity contribution >= 4 is 105 Å². The highest BCUT2D eigenvalue weighted by Gasteiger charge is 2.71. The maximum atomic E-state index is 12.7. The summed E-state index contributed by atoms with van der Waals surface area (Å²) in [5, 5.41) is -1.08. The van der Waals surface area contributed by atoms with Crippen LogP contribution < -0.4 is 18.9 Å². The molecule has 0 N–H and O–H groups in total. The monoisotopic (exact) mass is 2080 g/mol. The molecule has 18 atom stereocenters. The Morgan fingerprint density at radius 3 is 1.07 bits per heavy atom. The highest BCUT2D eigenvalue weighted by molar-refractivity contribution is 7.98. The summed E-state index contributed by atoms with van der Waals surface area (Å²) >= 11 is 0. The Morgan fingerprint density at radius 1 is 0.347 bits per heavy atom. The van der Waals surface area contributed by atoms with E-state index in [-0.39, 0.29) is 118 Å². The van der Waals surface area contributed by atoms with Crippen LogP contribution in [0.2, 0.25) is 0 Å². The maximum Gasteiger partial charge on any atom is 0.344 e. The molecule has 29 rings (SSSR count). The molecule has 5 saturated heterocycles. The van der Waals surface area contributed by atoms with Gasteiger partial charge >= 0.3 is 35.8 Å². The number of rotatable bonds is 21. The molecule has 17 aliphatic rings. The predicted molar refractivity (Wildman–Crippen MR) is 541 cm³/mol. The smallest absolute Gasteiger partial charge is 0.344 e. The lowest BCUT2D eigenvalue weighted by molar-refractivity contribution is -0.190. The van der Waals surface area contributed by atoms with Crippen molar-refractivity contribution < 1.29 is 111 Å². The van der Waals surface area contributed by atoms with Crippen molar-refractivity contribution in [2.24, 2.45) is 53.3 Å². The number of hydrogen-bond donors (Lipinski definition) is 0. The first-order valence-electron chi connectivity index (χ1n) is 50.2. The Morgan fingerprint density at radius 2 is 0.694 bits per heavy atom. The Bertz CT molecular complexity index is 7050. The zero-order chi connectivity index (χ0) is 99.8. The normalized spacial score (nSPS) is 28.4. The summed E-state index contributed by atoms with van der Waals surface area (Å²) in [6.07, 6.45) is 5.50. The summed E-state index contributed by atoms with van der Waals surface area (Å²) in [7, 11) is -6.68. The lowest BCUT2D eigenvalue weighted by Gasteiger charge is -2.54. The zero-order valence-electron chi connectivity index (χ0n) is 80.0. The molecule has 10 bridgehead atoms. The van der Waals surface area contributed by atoms with Gasteiger partial charge in [0.05, 0.1) is 73.9 Å². The van der Waals surface area contributed by atoms with Gasteiger partial charge in [0.15, 0.2) is 91.3 Å². The van der Waals surface area contributed by atoms with E-state index in [4.69, 9.17) is 60.5 Å². The van der Waals surface area contributed by atoms with Gasteiger partial charge in [-0.1, -0.05) is 146 Å². The molecular formula is C117H104O24S6+4. The van der Waals surface area contributed by atoms with E-state index in [1.807, 2.05) is 60.7 Å². The minimum Gasteiger partial charge on any atom is -0.482 e. The van der Waals surface area contributed by atoms with E-state index in [0.29, 0.717) is 60.4 Å². The van der Waals surface area contributed by atoms with E-state index in [1.165, 1.54) is 110 Å². The molecule has 8 saturated carbocycles. The van der Waals surface area contributed by atoms with Crippen LogP contribution in [0.4, 0.5) is 0 Å². The second kappa shape index (κ2) is 38.9. The van der Waals surface area contributed by atoms with Crippen molar-refractivity contribution in [3.05, 3.63) is 336 Å². The highest BCUT2D eigenvalue weighted by atomic mass is 32.2.